The molecule has 1 rings (SSSR count). The molecule has 1 aromatic carbocycles. The lowest BCUT2D eigenvalue weighted by atomic mass is 10.0. The first-order valence-corrected chi connectivity index (χ1v) is 8.07. The van der Waals surface area contributed by atoms with Gasteiger partial charge in [-0.25, -0.2) is 13.2 Å². The molecule has 0 atom stereocenters. The monoisotopic (exact) mass is 340 g/mol. The van der Waals surface area contributed by atoms with E-state index in [4.69, 9.17) is 16.7 Å². The van der Waals surface area contributed by atoms with Crippen molar-refractivity contribution < 1.29 is 27.1 Å². The Bertz CT molecular complexity index is 663. The van der Waals surface area contributed by atoms with Crippen LogP contribution in [0.4, 0.5) is 8.78 Å². The predicted octanol–water partition coefficient (Wildman–Crippen LogP) is 3.41. The minimum atomic E-state index is -4.09. The summed E-state index contributed by atoms with van der Waals surface area (Å²) in [5.41, 5.74) is -1.48. The molecular weight excluding hydrogens is 326 g/mol. The van der Waals surface area contributed by atoms with Crippen molar-refractivity contribution in [1.29, 1.82) is 0 Å². The number of hydrogen-bond donors (Lipinski definition) is 1. The van der Waals surface area contributed by atoms with E-state index in [1.165, 1.54) is 6.92 Å². The SMILES string of the molecule is Cc1c(C(=O)O)ccc(C(F)(F)Cl)c1S(=O)(=O)CC(C)C. The maximum Gasteiger partial charge on any atom is 0.349 e. The van der Waals surface area contributed by atoms with Gasteiger partial charge in [-0.1, -0.05) is 13.8 Å². The number of carboxylic acids is 1. The van der Waals surface area contributed by atoms with E-state index in [0.29, 0.717) is 0 Å². The maximum atomic E-state index is 13.4. The first-order chi connectivity index (χ1) is 9.38. The molecule has 0 spiro atoms. The zero-order chi connectivity index (χ0) is 16.6. The van der Waals surface area contributed by atoms with Crippen LogP contribution >= 0.6 is 11.6 Å². The molecule has 4 nitrogen and oxygen atoms in total. The number of sulfone groups is 1. The number of carboxylic acid groups (broad SMARTS) is 1. The lowest BCUT2D eigenvalue weighted by Crippen LogP contribution is -2.20. The number of aromatic carboxylic acids is 1. The second kappa shape index (κ2) is 5.88. The lowest BCUT2D eigenvalue weighted by Gasteiger charge is -2.18. The first-order valence-electron chi connectivity index (χ1n) is 6.04. The van der Waals surface area contributed by atoms with E-state index < -0.39 is 31.6 Å². The van der Waals surface area contributed by atoms with Gasteiger partial charge in [-0.15, -0.1) is 0 Å². The molecule has 0 unspecified atom stereocenters. The molecule has 0 aliphatic heterocycles. The summed E-state index contributed by atoms with van der Waals surface area (Å²) in [5, 5.41) is 5.11. The molecule has 0 aliphatic carbocycles. The molecule has 1 aromatic rings. The molecule has 0 aromatic heterocycles. The number of rotatable bonds is 5. The van der Waals surface area contributed by atoms with Crippen molar-refractivity contribution in [2.24, 2.45) is 5.92 Å². The largest absolute Gasteiger partial charge is 0.478 e. The molecule has 0 saturated carbocycles. The van der Waals surface area contributed by atoms with Crippen LogP contribution in [0.5, 0.6) is 0 Å². The third kappa shape index (κ3) is 3.91. The minimum absolute atomic E-state index is 0.235. The molecule has 21 heavy (non-hydrogen) atoms. The summed E-state index contributed by atoms with van der Waals surface area (Å²) in [4.78, 5) is 10.4. The van der Waals surface area contributed by atoms with Crippen molar-refractivity contribution in [2.45, 2.75) is 31.0 Å². The van der Waals surface area contributed by atoms with Crippen LogP contribution < -0.4 is 0 Å². The zero-order valence-corrected chi connectivity index (χ0v) is 13.2. The van der Waals surface area contributed by atoms with Crippen molar-refractivity contribution in [2.75, 3.05) is 5.75 Å². The zero-order valence-electron chi connectivity index (χ0n) is 11.7. The highest BCUT2D eigenvalue weighted by atomic mass is 35.5. The van der Waals surface area contributed by atoms with Crippen LogP contribution in [0.15, 0.2) is 17.0 Å². The molecule has 0 amide bonds. The van der Waals surface area contributed by atoms with Crippen molar-refractivity contribution in [3.05, 3.63) is 28.8 Å². The van der Waals surface area contributed by atoms with E-state index in [0.717, 1.165) is 12.1 Å². The second-order valence-corrected chi connectivity index (χ2v) is 7.54. The highest BCUT2D eigenvalue weighted by Gasteiger charge is 2.37. The lowest BCUT2D eigenvalue weighted by molar-refractivity contribution is 0.0693. The number of carbonyl (C=O) groups is 1. The molecule has 0 bridgehead atoms. The molecule has 0 fully saturated rings. The van der Waals surface area contributed by atoms with Gasteiger partial charge in [0.2, 0.25) is 0 Å². The Balaban J connectivity index is 3.74. The molecule has 118 valence electrons. The Morgan fingerprint density at radius 1 is 1.38 bits per heavy atom. The Hall–Kier alpha value is -1.21. The van der Waals surface area contributed by atoms with Gasteiger partial charge < -0.3 is 5.11 Å². The maximum absolute atomic E-state index is 13.4. The van der Waals surface area contributed by atoms with Crippen LogP contribution in [0.3, 0.4) is 0 Å². The summed E-state index contributed by atoms with van der Waals surface area (Å²) in [5.74, 6) is -2.07. The summed E-state index contributed by atoms with van der Waals surface area (Å²) in [6.45, 7) is 4.42. The number of halogens is 3. The number of alkyl halides is 3. The standard InChI is InChI=1S/C13H15ClF2O4S/c1-7(2)6-21(19,20)11-8(3)9(12(17)18)4-5-10(11)13(14,15)16/h4-5,7H,6H2,1-3H3,(H,17,18). The third-order valence-electron chi connectivity index (χ3n) is 2.81. The van der Waals surface area contributed by atoms with Gasteiger partial charge in [0.1, 0.15) is 0 Å². The fourth-order valence-electron chi connectivity index (χ4n) is 2.07. The van der Waals surface area contributed by atoms with Crippen LogP contribution in [-0.4, -0.2) is 25.2 Å². The number of hydrogen-bond acceptors (Lipinski definition) is 3. The van der Waals surface area contributed by atoms with Crippen molar-refractivity contribution in [3.63, 3.8) is 0 Å². The highest BCUT2D eigenvalue weighted by molar-refractivity contribution is 7.91. The van der Waals surface area contributed by atoms with Crippen LogP contribution in [0.2, 0.25) is 0 Å². The normalized spacial score (nSPS) is 12.7. The Labute approximate surface area is 126 Å². The quantitative estimate of drug-likeness (QED) is 0.834. The predicted molar refractivity (Wildman–Crippen MR) is 74.8 cm³/mol. The molecule has 1 N–H and O–H groups in total. The van der Waals surface area contributed by atoms with Crippen LogP contribution in [0.1, 0.15) is 35.3 Å². The summed E-state index contributed by atoms with van der Waals surface area (Å²) in [6, 6.07) is 1.67. The molecule has 0 aliphatic rings. The van der Waals surface area contributed by atoms with Gasteiger partial charge in [0.15, 0.2) is 9.84 Å². The summed E-state index contributed by atoms with van der Waals surface area (Å²) in [7, 11) is -4.09. The van der Waals surface area contributed by atoms with E-state index in [1.54, 1.807) is 13.8 Å². The van der Waals surface area contributed by atoms with Gasteiger partial charge in [-0.3, -0.25) is 0 Å². The van der Waals surface area contributed by atoms with Gasteiger partial charge in [0, 0.05) is 0 Å². The van der Waals surface area contributed by atoms with Crippen molar-refractivity contribution in [3.8, 4) is 0 Å². The summed E-state index contributed by atoms with van der Waals surface area (Å²) in [6.07, 6.45) is 0. The number of benzene rings is 1. The topological polar surface area (TPSA) is 71.4 Å². The van der Waals surface area contributed by atoms with E-state index in [1.807, 2.05) is 0 Å². The summed E-state index contributed by atoms with van der Waals surface area (Å²) >= 11 is 4.96. The van der Waals surface area contributed by atoms with E-state index in [9.17, 15) is 22.0 Å². The van der Waals surface area contributed by atoms with Gasteiger partial charge >= 0.3 is 11.4 Å². The van der Waals surface area contributed by atoms with Crippen molar-refractivity contribution in [1.82, 2.24) is 0 Å². The first kappa shape index (κ1) is 17.8. The van der Waals surface area contributed by atoms with E-state index >= 15 is 0 Å². The van der Waals surface area contributed by atoms with E-state index in [2.05, 4.69) is 0 Å². The smallest absolute Gasteiger partial charge is 0.349 e. The van der Waals surface area contributed by atoms with Crippen LogP contribution in [0.25, 0.3) is 0 Å². The van der Waals surface area contributed by atoms with E-state index in [-0.39, 0.29) is 22.8 Å². The van der Waals surface area contributed by atoms with Gasteiger partial charge in [-0.2, -0.15) is 8.78 Å². The molecular formula is C13H15ClF2O4S. The Kier molecular flexibility index (Phi) is 5.00. The molecule has 0 radical (unpaired) electrons. The Morgan fingerprint density at radius 2 is 1.90 bits per heavy atom. The van der Waals surface area contributed by atoms with Gasteiger partial charge in [-0.05, 0) is 42.1 Å². The van der Waals surface area contributed by atoms with Gasteiger partial charge in [0.05, 0.1) is 21.8 Å². The average molecular weight is 341 g/mol. The highest BCUT2D eigenvalue weighted by Crippen LogP contribution is 2.39. The molecule has 0 saturated heterocycles. The van der Waals surface area contributed by atoms with Crippen LogP contribution in [0, 0.1) is 12.8 Å². The molecule has 8 heteroatoms. The fourth-order valence-corrected chi connectivity index (χ4v) is 4.44. The Morgan fingerprint density at radius 3 is 2.29 bits per heavy atom. The second-order valence-electron chi connectivity index (χ2n) is 5.09. The fraction of sp³-hybridized carbons (Fsp3) is 0.462. The van der Waals surface area contributed by atoms with Crippen molar-refractivity contribution >= 4 is 27.4 Å². The molecule has 0 heterocycles. The van der Waals surface area contributed by atoms with Gasteiger partial charge in [0.25, 0.3) is 0 Å². The average Bonchev–Trinajstić information content (AvgIpc) is 2.24. The third-order valence-corrected chi connectivity index (χ3v) is 5.26. The van der Waals surface area contributed by atoms with Crippen LogP contribution in [-0.2, 0) is 15.2 Å². The summed E-state index contributed by atoms with van der Waals surface area (Å²) < 4.78 is 51.5. The minimum Gasteiger partial charge on any atom is -0.478 e.